The van der Waals surface area contributed by atoms with Gasteiger partial charge in [-0.15, -0.1) is 0 Å². The number of sulfonamides is 1. The minimum Gasteiger partial charge on any atom is -0.322 e. The van der Waals surface area contributed by atoms with Crippen molar-refractivity contribution in [3.05, 3.63) is 60.2 Å². The van der Waals surface area contributed by atoms with Crippen molar-refractivity contribution in [2.45, 2.75) is 24.7 Å². The molecule has 0 aliphatic carbocycles. The highest BCUT2D eigenvalue weighted by Gasteiger charge is 2.28. The molecule has 132 valence electrons. The summed E-state index contributed by atoms with van der Waals surface area (Å²) in [6.45, 7) is 3.18. The molecule has 1 heterocycles. The molecule has 1 unspecified atom stereocenters. The molecule has 0 aromatic heterocycles. The summed E-state index contributed by atoms with van der Waals surface area (Å²) in [6, 6.07) is 15.3. The van der Waals surface area contributed by atoms with Crippen LogP contribution in [0.3, 0.4) is 0 Å². The summed E-state index contributed by atoms with van der Waals surface area (Å²) in [4.78, 5) is 12.5. The lowest BCUT2D eigenvalue weighted by atomic mass is 10.0. The number of carbonyl (C=O) groups is 1. The zero-order valence-electron chi connectivity index (χ0n) is 14.2. The number of rotatable bonds is 4. The molecule has 1 amide bonds. The highest BCUT2D eigenvalue weighted by Crippen LogP contribution is 2.23. The fourth-order valence-corrected chi connectivity index (χ4v) is 4.62. The van der Waals surface area contributed by atoms with Gasteiger partial charge in [-0.2, -0.15) is 4.31 Å². The van der Waals surface area contributed by atoms with Gasteiger partial charge in [0.2, 0.25) is 10.0 Å². The van der Waals surface area contributed by atoms with Crippen LogP contribution in [-0.2, 0) is 10.0 Å². The second-order valence-corrected chi connectivity index (χ2v) is 8.39. The van der Waals surface area contributed by atoms with Crippen LogP contribution in [0.2, 0.25) is 0 Å². The summed E-state index contributed by atoms with van der Waals surface area (Å²) in [6.07, 6.45) is 1.95. The normalized spacial score (nSPS) is 18.7. The van der Waals surface area contributed by atoms with Crippen LogP contribution in [0.5, 0.6) is 0 Å². The van der Waals surface area contributed by atoms with Gasteiger partial charge < -0.3 is 5.32 Å². The fourth-order valence-electron chi connectivity index (χ4n) is 3.02. The van der Waals surface area contributed by atoms with E-state index in [1.165, 1.54) is 12.1 Å². The molecule has 1 aliphatic heterocycles. The van der Waals surface area contributed by atoms with Crippen LogP contribution in [0.25, 0.3) is 0 Å². The van der Waals surface area contributed by atoms with Crippen LogP contribution < -0.4 is 5.32 Å². The lowest BCUT2D eigenvalue weighted by Gasteiger charge is -2.30. The van der Waals surface area contributed by atoms with E-state index in [1.54, 1.807) is 28.6 Å². The van der Waals surface area contributed by atoms with Crippen molar-refractivity contribution in [3.63, 3.8) is 0 Å². The second-order valence-electron chi connectivity index (χ2n) is 6.45. The van der Waals surface area contributed by atoms with Gasteiger partial charge in [0.15, 0.2) is 0 Å². The van der Waals surface area contributed by atoms with Crippen LogP contribution in [0.4, 0.5) is 5.69 Å². The van der Waals surface area contributed by atoms with E-state index in [4.69, 9.17) is 0 Å². The first-order valence-corrected chi connectivity index (χ1v) is 9.87. The maximum atomic E-state index is 12.7. The summed E-state index contributed by atoms with van der Waals surface area (Å²) in [5, 5.41) is 2.79. The van der Waals surface area contributed by atoms with Crippen molar-refractivity contribution >= 4 is 21.6 Å². The minimum absolute atomic E-state index is 0.234. The van der Waals surface area contributed by atoms with Gasteiger partial charge in [0.1, 0.15) is 0 Å². The summed E-state index contributed by atoms with van der Waals surface area (Å²) in [7, 11) is -3.49. The number of amides is 1. The van der Waals surface area contributed by atoms with Crippen LogP contribution in [-0.4, -0.2) is 31.7 Å². The zero-order valence-corrected chi connectivity index (χ0v) is 15.0. The number of piperidine rings is 1. The molecule has 3 rings (SSSR count). The number of nitrogens with zero attached hydrogens (tertiary/aromatic N) is 1. The van der Waals surface area contributed by atoms with Crippen LogP contribution in [0, 0.1) is 5.92 Å². The molecule has 1 saturated heterocycles. The van der Waals surface area contributed by atoms with Gasteiger partial charge in [-0.3, -0.25) is 4.79 Å². The summed E-state index contributed by atoms with van der Waals surface area (Å²) in [5.74, 6) is 0.112. The standard InChI is InChI=1S/C19H22N2O3S/c1-15-6-5-13-21(14-15)25(23,24)18-11-9-16(10-12-18)19(22)20-17-7-3-2-4-8-17/h2-4,7-12,15H,5-6,13-14H2,1H3,(H,20,22). The maximum absolute atomic E-state index is 12.7. The first kappa shape index (κ1) is 17.6. The van der Waals surface area contributed by atoms with Gasteiger partial charge >= 0.3 is 0 Å². The van der Waals surface area contributed by atoms with Crippen molar-refractivity contribution < 1.29 is 13.2 Å². The maximum Gasteiger partial charge on any atom is 0.255 e. The van der Waals surface area contributed by atoms with Gasteiger partial charge in [-0.05, 0) is 55.2 Å². The quantitative estimate of drug-likeness (QED) is 0.911. The molecule has 0 spiro atoms. The number of anilines is 1. The van der Waals surface area contributed by atoms with Crippen LogP contribution in [0.1, 0.15) is 30.1 Å². The predicted molar refractivity (Wildman–Crippen MR) is 98.0 cm³/mol. The molecule has 0 radical (unpaired) electrons. The minimum atomic E-state index is -3.49. The molecule has 1 N–H and O–H groups in total. The Bertz CT molecular complexity index is 833. The highest BCUT2D eigenvalue weighted by molar-refractivity contribution is 7.89. The van der Waals surface area contributed by atoms with E-state index in [0.717, 1.165) is 12.8 Å². The number of para-hydroxylation sites is 1. The van der Waals surface area contributed by atoms with Crippen molar-refractivity contribution in [2.75, 3.05) is 18.4 Å². The first-order valence-electron chi connectivity index (χ1n) is 8.43. The molecule has 1 fully saturated rings. The number of carbonyl (C=O) groups excluding carboxylic acids is 1. The Morgan fingerprint density at radius 3 is 2.40 bits per heavy atom. The summed E-state index contributed by atoms with van der Waals surface area (Å²) < 4.78 is 27.0. The van der Waals surface area contributed by atoms with Gasteiger partial charge in [0.05, 0.1) is 4.90 Å². The summed E-state index contributed by atoms with van der Waals surface area (Å²) >= 11 is 0. The third-order valence-electron chi connectivity index (χ3n) is 4.41. The molecule has 5 nitrogen and oxygen atoms in total. The zero-order chi connectivity index (χ0) is 17.9. The first-order chi connectivity index (χ1) is 12.0. The van der Waals surface area contributed by atoms with Gasteiger partial charge in [-0.25, -0.2) is 8.42 Å². The van der Waals surface area contributed by atoms with E-state index >= 15 is 0 Å². The Morgan fingerprint density at radius 2 is 1.76 bits per heavy atom. The van der Waals surface area contributed by atoms with Crippen LogP contribution >= 0.6 is 0 Å². The van der Waals surface area contributed by atoms with Crippen LogP contribution in [0.15, 0.2) is 59.5 Å². The van der Waals surface area contributed by atoms with Crippen molar-refractivity contribution in [3.8, 4) is 0 Å². The van der Waals surface area contributed by atoms with Gasteiger partial charge in [-0.1, -0.05) is 25.1 Å². The molecule has 2 aromatic carbocycles. The van der Waals surface area contributed by atoms with E-state index in [-0.39, 0.29) is 10.8 Å². The SMILES string of the molecule is CC1CCCN(S(=O)(=O)c2ccc(C(=O)Nc3ccccc3)cc2)C1. The Balaban J connectivity index is 1.74. The average Bonchev–Trinajstić information content (AvgIpc) is 2.62. The molecule has 0 bridgehead atoms. The molecule has 6 heteroatoms. The van der Waals surface area contributed by atoms with E-state index in [0.29, 0.717) is 30.3 Å². The average molecular weight is 358 g/mol. The van der Waals surface area contributed by atoms with Crippen molar-refractivity contribution in [1.29, 1.82) is 0 Å². The molecule has 0 saturated carbocycles. The highest BCUT2D eigenvalue weighted by atomic mass is 32.2. The lowest BCUT2D eigenvalue weighted by molar-refractivity contribution is 0.102. The molecule has 1 atom stereocenters. The Hall–Kier alpha value is -2.18. The Morgan fingerprint density at radius 1 is 1.08 bits per heavy atom. The van der Waals surface area contributed by atoms with Gasteiger partial charge in [0, 0.05) is 24.3 Å². The monoisotopic (exact) mass is 358 g/mol. The number of benzene rings is 2. The topological polar surface area (TPSA) is 66.5 Å². The number of nitrogens with one attached hydrogen (secondary N) is 1. The molecule has 1 aliphatic rings. The van der Waals surface area contributed by atoms with Crippen molar-refractivity contribution in [2.24, 2.45) is 5.92 Å². The smallest absolute Gasteiger partial charge is 0.255 e. The van der Waals surface area contributed by atoms with Gasteiger partial charge in [0.25, 0.3) is 5.91 Å². The third-order valence-corrected chi connectivity index (χ3v) is 6.29. The predicted octanol–water partition coefficient (Wildman–Crippen LogP) is 3.36. The van der Waals surface area contributed by atoms with E-state index in [2.05, 4.69) is 12.2 Å². The van der Waals surface area contributed by atoms with Crippen molar-refractivity contribution in [1.82, 2.24) is 4.31 Å². The summed E-state index contributed by atoms with van der Waals surface area (Å²) in [5.41, 5.74) is 1.13. The second kappa shape index (κ2) is 7.37. The number of hydrogen-bond acceptors (Lipinski definition) is 3. The number of hydrogen-bond donors (Lipinski definition) is 1. The van der Waals surface area contributed by atoms with E-state index < -0.39 is 10.0 Å². The molecule has 2 aromatic rings. The largest absolute Gasteiger partial charge is 0.322 e. The molecular formula is C19H22N2O3S. The Labute approximate surface area is 148 Å². The molecule has 25 heavy (non-hydrogen) atoms. The van der Waals surface area contributed by atoms with E-state index in [9.17, 15) is 13.2 Å². The Kier molecular flexibility index (Phi) is 5.20. The third kappa shape index (κ3) is 4.08. The van der Waals surface area contributed by atoms with E-state index in [1.807, 2.05) is 18.2 Å². The lowest BCUT2D eigenvalue weighted by Crippen LogP contribution is -2.39. The fraction of sp³-hybridized carbons (Fsp3) is 0.316. The molecular weight excluding hydrogens is 336 g/mol.